The normalized spacial score (nSPS) is 7.78. The van der Waals surface area contributed by atoms with Crippen LogP contribution in [-0.2, 0) is 23.5 Å². The molecule has 0 bridgehead atoms. The first-order chi connectivity index (χ1) is 4.00. The fourth-order valence-corrected chi connectivity index (χ4v) is 0. The van der Waals surface area contributed by atoms with Crippen LogP contribution in [-0.4, -0.2) is 14.1 Å². The predicted octanol–water partition coefficient (Wildman–Crippen LogP) is -4.90. The molecule has 0 radical (unpaired) electrons. The third-order valence-corrected chi connectivity index (χ3v) is 0. The Balaban J connectivity index is -0.0000000771. The van der Waals surface area contributed by atoms with Gasteiger partial charge in [0.2, 0.25) is 0 Å². The molecule has 0 aliphatic heterocycles. The summed E-state index contributed by atoms with van der Waals surface area (Å²) in [5.74, 6) is 0. The third kappa shape index (κ3) is 18500. The van der Waals surface area contributed by atoms with E-state index in [0.29, 0.717) is 0 Å². The average Bonchev–Trinajstić information content (AvgIpc) is 1.72. The van der Waals surface area contributed by atoms with E-state index in [4.69, 9.17) is 14.3 Å². The SMILES string of the molecule is C[NH3+].C[NH3+].[O]=[W](=[O])([O-])[O-]. The number of rotatable bonds is 0. The van der Waals surface area contributed by atoms with Gasteiger partial charge >= 0.3 is 31.1 Å². The molecule has 6 nitrogen and oxygen atoms in total. The Labute approximate surface area is 57.2 Å². The van der Waals surface area contributed by atoms with Crippen LogP contribution in [0.5, 0.6) is 0 Å². The second kappa shape index (κ2) is 11.0. The summed E-state index contributed by atoms with van der Waals surface area (Å²) in [5, 5.41) is 0. The molecule has 0 saturated heterocycles. The molecular weight excluding hydrogens is 300 g/mol. The van der Waals surface area contributed by atoms with Gasteiger partial charge in [0.15, 0.2) is 0 Å². The van der Waals surface area contributed by atoms with Crippen molar-refractivity contribution in [3.63, 3.8) is 0 Å². The molecule has 0 rings (SSSR count). The molecule has 0 spiro atoms. The van der Waals surface area contributed by atoms with Gasteiger partial charge < -0.3 is 11.5 Å². The summed E-state index contributed by atoms with van der Waals surface area (Å²) in [6, 6.07) is 0. The predicted molar refractivity (Wildman–Crippen MR) is 19.0 cm³/mol. The van der Waals surface area contributed by atoms with E-state index in [0.717, 1.165) is 0 Å². The average molecular weight is 312 g/mol. The zero-order valence-electron chi connectivity index (χ0n) is 5.46. The summed E-state index contributed by atoms with van der Waals surface area (Å²) >= 11 is -6.17. The molecule has 0 fully saturated rings. The van der Waals surface area contributed by atoms with Gasteiger partial charge in [-0.05, 0) is 0 Å². The summed E-state index contributed by atoms with van der Waals surface area (Å²) in [6.07, 6.45) is 0. The first-order valence-electron chi connectivity index (χ1n) is 2.08. The molecule has 60 valence electrons. The van der Waals surface area contributed by atoms with Gasteiger partial charge in [-0.1, -0.05) is 0 Å². The van der Waals surface area contributed by atoms with Crippen LogP contribution in [0.4, 0.5) is 0 Å². The Morgan fingerprint density at radius 3 is 1.00 bits per heavy atom. The molecule has 0 heterocycles. The van der Waals surface area contributed by atoms with Gasteiger partial charge in [-0.2, -0.15) is 0 Å². The van der Waals surface area contributed by atoms with Crippen molar-refractivity contribution in [3.8, 4) is 0 Å². The fraction of sp³-hybridized carbons (Fsp3) is 1.00. The van der Waals surface area contributed by atoms with Crippen LogP contribution in [0.15, 0.2) is 0 Å². The Morgan fingerprint density at radius 1 is 1.00 bits per heavy atom. The summed E-state index contributed by atoms with van der Waals surface area (Å²) in [7, 11) is 3.50. The van der Waals surface area contributed by atoms with Crippen LogP contribution in [0.25, 0.3) is 0 Å². The molecule has 0 saturated carbocycles. The van der Waals surface area contributed by atoms with Crippen molar-refractivity contribution >= 4 is 0 Å². The van der Waals surface area contributed by atoms with E-state index >= 15 is 0 Å². The van der Waals surface area contributed by atoms with Crippen molar-refractivity contribution in [2.45, 2.75) is 0 Å². The molecular formula is C2H12N2O4W. The quantitative estimate of drug-likeness (QED) is 0.463. The van der Waals surface area contributed by atoms with Crippen LogP contribution in [0.3, 0.4) is 0 Å². The van der Waals surface area contributed by atoms with Gasteiger partial charge in [-0.15, -0.1) is 0 Å². The van der Waals surface area contributed by atoms with Crippen LogP contribution < -0.4 is 19.0 Å². The molecule has 0 aromatic heterocycles. The van der Waals surface area contributed by atoms with E-state index in [2.05, 4.69) is 11.5 Å². The van der Waals surface area contributed by atoms with E-state index in [-0.39, 0.29) is 0 Å². The molecule has 0 aromatic rings. The summed E-state index contributed by atoms with van der Waals surface area (Å²) in [5.41, 5.74) is 6.50. The van der Waals surface area contributed by atoms with Crippen molar-refractivity contribution in [3.05, 3.63) is 0 Å². The second-order valence-corrected chi connectivity index (χ2v) is 3.34. The van der Waals surface area contributed by atoms with Crippen LogP contribution in [0, 0.1) is 0 Å². The number of quaternary nitrogens is 2. The molecule has 7 heteroatoms. The summed E-state index contributed by atoms with van der Waals surface area (Å²) in [6.45, 7) is 0. The number of hydrogen-bond acceptors (Lipinski definition) is 4. The van der Waals surface area contributed by atoms with E-state index in [1.807, 2.05) is 0 Å². The van der Waals surface area contributed by atoms with Crippen molar-refractivity contribution in [1.29, 1.82) is 0 Å². The van der Waals surface area contributed by atoms with Crippen molar-refractivity contribution in [2.24, 2.45) is 0 Å². The van der Waals surface area contributed by atoms with E-state index in [9.17, 15) is 0 Å². The third-order valence-electron chi connectivity index (χ3n) is 0. The Kier molecular flexibility index (Phi) is 19.6. The minimum absolute atomic E-state index is 1.75. The maximum absolute atomic E-state index is 8.65. The van der Waals surface area contributed by atoms with Gasteiger partial charge in [-0.25, -0.2) is 0 Å². The van der Waals surface area contributed by atoms with Gasteiger partial charge in [-0.3, -0.25) is 0 Å². The standard InChI is InChI=1S/2CH5N.4O.W/c2*1-2;;;;;/h2*2H2,1H3;;;;;/q;;;;2*-1;/p+2. The zero-order chi connectivity index (χ0) is 8.50. The van der Waals surface area contributed by atoms with Gasteiger partial charge in [0.1, 0.15) is 0 Å². The van der Waals surface area contributed by atoms with Crippen molar-refractivity contribution < 1.29 is 42.5 Å². The van der Waals surface area contributed by atoms with E-state index in [1.54, 1.807) is 14.1 Å². The van der Waals surface area contributed by atoms with Crippen molar-refractivity contribution in [1.82, 2.24) is 0 Å². The molecule has 6 N–H and O–H groups in total. The zero-order valence-corrected chi connectivity index (χ0v) is 8.39. The minimum atomic E-state index is -6.17. The first-order valence-corrected chi connectivity index (χ1v) is 6.87. The molecule has 0 aliphatic carbocycles. The summed E-state index contributed by atoms with van der Waals surface area (Å²) < 4.78 is 34.6. The number of hydrogen-bond donors (Lipinski definition) is 2. The molecule has 0 amide bonds. The second-order valence-electron chi connectivity index (χ2n) is 0.408. The molecule has 9 heavy (non-hydrogen) atoms. The van der Waals surface area contributed by atoms with E-state index < -0.39 is 16.7 Å². The van der Waals surface area contributed by atoms with Crippen LogP contribution in [0.2, 0.25) is 0 Å². The molecule has 0 unspecified atom stereocenters. The Morgan fingerprint density at radius 2 is 1.00 bits per heavy atom. The van der Waals surface area contributed by atoms with Gasteiger partial charge in [0, 0.05) is 0 Å². The Bertz CT molecular complexity index is 99.7. The Hall–Kier alpha value is 0.128. The molecule has 0 aliphatic rings. The van der Waals surface area contributed by atoms with E-state index in [1.165, 1.54) is 0 Å². The first kappa shape index (κ1) is 16.1. The fourth-order valence-electron chi connectivity index (χ4n) is 0. The van der Waals surface area contributed by atoms with Gasteiger partial charge in [0.05, 0.1) is 14.1 Å². The molecule has 0 atom stereocenters. The monoisotopic (exact) mass is 312 g/mol. The van der Waals surface area contributed by atoms with Crippen LogP contribution >= 0.6 is 0 Å². The maximum atomic E-state index is 8.65. The molecule has 0 aromatic carbocycles. The van der Waals surface area contributed by atoms with Crippen LogP contribution in [0.1, 0.15) is 0 Å². The van der Waals surface area contributed by atoms with Crippen molar-refractivity contribution in [2.75, 3.05) is 14.1 Å². The topological polar surface area (TPSA) is 136 Å². The summed E-state index contributed by atoms with van der Waals surface area (Å²) in [4.78, 5) is 0. The van der Waals surface area contributed by atoms with Gasteiger partial charge in [0.25, 0.3) is 0 Å².